The fraction of sp³-hybridized carbons (Fsp3) is 1.00. The van der Waals surface area contributed by atoms with E-state index < -0.39 is 23.8 Å². The highest BCUT2D eigenvalue weighted by Gasteiger charge is 2.74. The molecule has 0 bridgehead atoms. The van der Waals surface area contributed by atoms with E-state index >= 15 is 0 Å². The van der Waals surface area contributed by atoms with Gasteiger partial charge < -0.3 is 0 Å². The Morgan fingerprint density at radius 2 is 1.36 bits per heavy atom. The Labute approximate surface area is 78.8 Å². The molecular formula is C5H4ClF7O. The van der Waals surface area contributed by atoms with E-state index in [4.69, 9.17) is 11.6 Å². The Balaban J connectivity index is 4.88. The van der Waals surface area contributed by atoms with Crippen LogP contribution in [0.15, 0.2) is 0 Å². The number of ether oxygens (including phenoxy) is 1. The van der Waals surface area contributed by atoms with Gasteiger partial charge in [-0.3, -0.25) is 4.74 Å². The van der Waals surface area contributed by atoms with Crippen molar-refractivity contribution in [3.05, 3.63) is 0 Å². The zero-order valence-corrected chi connectivity index (χ0v) is 7.27. The quantitative estimate of drug-likeness (QED) is 0.550. The summed E-state index contributed by atoms with van der Waals surface area (Å²) < 4.78 is 85.6. The van der Waals surface area contributed by atoms with Crippen LogP contribution in [-0.2, 0) is 4.74 Å². The largest absolute Gasteiger partial charge is 0.462 e. The van der Waals surface area contributed by atoms with Crippen LogP contribution in [0.2, 0.25) is 0 Å². The van der Waals surface area contributed by atoms with Gasteiger partial charge in [-0.15, -0.1) is 0 Å². The number of hydrogen-bond acceptors (Lipinski definition) is 1. The molecule has 1 unspecified atom stereocenters. The number of alkyl halides is 8. The Morgan fingerprint density at radius 1 is 1.00 bits per heavy atom. The maximum Gasteiger partial charge on any atom is 0.462 e. The fourth-order valence-electron chi connectivity index (χ4n) is 0.443. The molecule has 0 rings (SSSR count). The number of rotatable bonds is 3. The fourth-order valence-corrected chi connectivity index (χ4v) is 0.555. The minimum atomic E-state index is -6.40. The summed E-state index contributed by atoms with van der Waals surface area (Å²) in [4.78, 5) is 0. The van der Waals surface area contributed by atoms with Crippen molar-refractivity contribution in [1.29, 1.82) is 0 Å². The lowest BCUT2D eigenvalue weighted by molar-refractivity contribution is -0.426. The Morgan fingerprint density at radius 3 is 1.57 bits per heavy atom. The van der Waals surface area contributed by atoms with E-state index in [1.165, 1.54) is 0 Å². The van der Waals surface area contributed by atoms with Crippen molar-refractivity contribution in [3.8, 4) is 0 Å². The molecule has 86 valence electrons. The highest BCUT2D eigenvalue weighted by atomic mass is 35.5. The maximum atomic E-state index is 12.2. The molecule has 0 aliphatic rings. The topological polar surface area (TPSA) is 9.23 Å². The van der Waals surface area contributed by atoms with E-state index in [-0.39, 0.29) is 0 Å². The molecule has 0 saturated heterocycles. The second-order valence-corrected chi connectivity index (χ2v) is 2.86. The van der Waals surface area contributed by atoms with Crippen LogP contribution in [0.25, 0.3) is 0 Å². The van der Waals surface area contributed by atoms with Crippen LogP contribution in [-0.4, -0.2) is 23.8 Å². The minimum Gasteiger partial charge on any atom is -0.296 e. The Kier molecular flexibility index (Phi) is 3.66. The van der Waals surface area contributed by atoms with Crippen molar-refractivity contribution < 1.29 is 35.5 Å². The molecular weight excluding hydrogens is 244 g/mol. The minimum absolute atomic E-state index is 0.682. The Bertz CT molecular complexity index is 199. The summed E-state index contributed by atoms with van der Waals surface area (Å²) in [5.74, 6) is -6.27. The van der Waals surface area contributed by atoms with Gasteiger partial charge in [0, 0.05) is 0 Å². The molecule has 0 radical (unpaired) electrons. The lowest BCUT2D eigenvalue weighted by Gasteiger charge is -2.28. The lowest BCUT2D eigenvalue weighted by Crippen LogP contribution is -2.53. The van der Waals surface area contributed by atoms with Crippen LogP contribution in [0.1, 0.15) is 6.92 Å². The summed E-state index contributed by atoms with van der Waals surface area (Å²) in [6.07, 6.45) is -12.1. The van der Waals surface area contributed by atoms with Crippen LogP contribution >= 0.6 is 11.6 Å². The smallest absolute Gasteiger partial charge is 0.296 e. The molecule has 0 aromatic carbocycles. The summed E-state index contributed by atoms with van der Waals surface area (Å²) in [7, 11) is 0. The van der Waals surface area contributed by atoms with E-state index in [0.717, 1.165) is 0 Å². The second-order valence-electron chi connectivity index (χ2n) is 2.25. The van der Waals surface area contributed by atoms with Crippen molar-refractivity contribution in [3.63, 3.8) is 0 Å². The molecule has 0 aliphatic heterocycles. The van der Waals surface area contributed by atoms with E-state index in [9.17, 15) is 30.7 Å². The zero-order valence-electron chi connectivity index (χ0n) is 6.51. The standard InChI is InChI=1S/C5H4ClF7O/c1-2(6)14-5(12,13)3(7,8)4(9,10)11/h2H,1H3. The highest BCUT2D eigenvalue weighted by Crippen LogP contribution is 2.47. The Hall–Kier alpha value is -0.240. The van der Waals surface area contributed by atoms with Gasteiger partial charge >= 0.3 is 18.2 Å². The normalized spacial score (nSPS) is 16.9. The summed E-state index contributed by atoms with van der Waals surface area (Å²) in [5.41, 5.74) is -1.97. The molecule has 0 N–H and O–H groups in total. The molecule has 0 saturated carbocycles. The predicted molar refractivity (Wildman–Crippen MR) is 32.3 cm³/mol. The van der Waals surface area contributed by atoms with Gasteiger partial charge in [0.25, 0.3) is 0 Å². The van der Waals surface area contributed by atoms with E-state index in [1.54, 1.807) is 0 Å². The van der Waals surface area contributed by atoms with Crippen LogP contribution < -0.4 is 0 Å². The molecule has 0 amide bonds. The van der Waals surface area contributed by atoms with Gasteiger partial charge in [-0.25, -0.2) is 0 Å². The zero-order chi connectivity index (χ0) is 11.8. The average Bonchev–Trinajstić information content (AvgIpc) is 1.80. The van der Waals surface area contributed by atoms with Crippen molar-refractivity contribution in [2.75, 3.05) is 0 Å². The maximum absolute atomic E-state index is 12.2. The average molecular weight is 249 g/mol. The van der Waals surface area contributed by atoms with Crippen LogP contribution in [0.3, 0.4) is 0 Å². The van der Waals surface area contributed by atoms with Crippen LogP contribution in [0, 0.1) is 0 Å². The van der Waals surface area contributed by atoms with Crippen molar-refractivity contribution in [2.24, 2.45) is 0 Å². The van der Waals surface area contributed by atoms with E-state index in [0.29, 0.717) is 6.92 Å². The summed E-state index contributed by atoms with van der Waals surface area (Å²) in [6, 6.07) is 0. The van der Waals surface area contributed by atoms with Gasteiger partial charge in [0.15, 0.2) is 0 Å². The van der Waals surface area contributed by atoms with Gasteiger partial charge in [-0.05, 0) is 6.92 Å². The molecule has 1 nitrogen and oxygen atoms in total. The first kappa shape index (κ1) is 13.8. The van der Waals surface area contributed by atoms with Crippen LogP contribution in [0.5, 0.6) is 0 Å². The molecule has 0 heterocycles. The molecule has 1 atom stereocenters. The van der Waals surface area contributed by atoms with Gasteiger partial charge in [0.2, 0.25) is 0 Å². The molecule has 0 spiro atoms. The van der Waals surface area contributed by atoms with Crippen LogP contribution in [0.4, 0.5) is 30.7 Å². The third kappa shape index (κ3) is 2.63. The predicted octanol–water partition coefficient (Wildman–Crippen LogP) is 3.38. The van der Waals surface area contributed by atoms with Crippen molar-refractivity contribution >= 4 is 11.6 Å². The SMILES string of the molecule is CC(Cl)OC(F)(F)C(F)(F)C(F)(F)F. The number of halogens is 8. The van der Waals surface area contributed by atoms with E-state index in [2.05, 4.69) is 4.74 Å². The molecule has 0 aromatic heterocycles. The first-order valence-corrected chi connectivity index (χ1v) is 3.49. The summed E-state index contributed by atoms with van der Waals surface area (Å²) in [6.45, 7) is 0.682. The molecule has 0 aromatic rings. The van der Waals surface area contributed by atoms with Crippen molar-refractivity contribution in [1.82, 2.24) is 0 Å². The third-order valence-corrected chi connectivity index (χ3v) is 1.12. The highest BCUT2D eigenvalue weighted by molar-refractivity contribution is 6.19. The summed E-state index contributed by atoms with van der Waals surface area (Å²) in [5, 5.41) is 0. The lowest BCUT2D eigenvalue weighted by atomic mass is 10.3. The third-order valence-electron chi connectivity index (χ3n) is 1.03. The van der Waals surface area contributed by atoms with Gasteiger partial charge in [0.1, 0.15) is 5.56 Å². The van der Waals surface area contributed by atoms with E-state index in [1.807, 2.05) is 0 Å². The van der Waals surface area contributed by atoms with Gasteiger partial charge in [-0.2, -0.15) is 30.7 Å². The molecule has 9 heteroatoms. The second kappa shape index (κ2) is 3.73. The molecule has 14 heavy (non-hydrogen) atoms. The first-order valence-electron chi connectivity index (χ1n) is 3.06. The van der Waals surface area contributed by atoms with Gasteiger partial charge in [0.05, 0.1) is 0 Å². The molecule has 0 fully saturated rings. The first-order chi connectivity index (χ1) is 5.92. The monoisotopic (exact) mass is 248 g/mol. The molecule has 0 aliphatic carbocycles. The summed E-state index contributed by atoms with van der Waals surface area (Å²) >= 11 is 4.72. The van der Waals surface area contributed by atoms with Gasteiger partial charge in [-0.1, -0.05) is 11.6 Å². The number of hydrogen-bond donors (Lipinski definition) is 0. The van der Waals surface area contributed by atoms with Crippen molar-refractivity contribution in [2.45, 2.75) is 30.7 Å².